The molecule has 0 saturated carbocycles. The van der Waals surface area contributed by atoms with E-state index in [1.807, 2.05) is 20.8 Å². The van der Waals surface area contributed by atoms with Crippen LogP contribution in [0, 0.1) is 0 Å². The van der Waals surface area contributed by atoms with Crippen molar-refractivity contribution in [3.8, 4) is 0 Å². The molecule has 0 aromatic heterocycles. The van der Waals surface area contributed by atoms with Gasteiger partial charge in [-0.05, 0) is 23.1 Å². The summed E-state index contributed by atoms with van der Waals surface area (Å²) in [5.74, 6) is 0. The third-order valence-electron chi connectivity index (χ3n) is 1.34. The Labute approximate surface area is 82.4 Å². The van der Waals surface area contributed by atoms with E-state index in [4.69, 9.17) is 5.48 Å². The molecule has 60 valence electrons. The Balaban J connectivity index is 3.68. The van der Waals surface area contributed by atoms with Crippen molar-refractivity contribution in [1.29, 1.82) is 0 Å². The fourth-order valence-corrected chi connectivity index (χ4v) is 0.993. The zero-order valence-corrected chi connectivity index (χ0v) is 8.46. The summed E-state index contributed by atoms with van der Waals surface area (Å²) in [6.07, 6.45) is 0. The van der Waals surface area contributed by atoms with Crippen LogP contribution in [0.5, 0.6) is 0 Å². The Hall–Kier alpha value is -0.300. The van der Waals surface area contributed by atoms with Crippen LogP contribution in [0.3, 0.4) is 0 Å². The van der Waals surface area contributed by atoms with Crippen LogP contribution >= 0.6 is 15.9 Å². The van der Waals surface area contributed by atoms with Gasteiger partial charge in [0.2, 0.25) is 0 Å². The van der Waals surface area contributed by atoms with Crippen LogP contribution in [0.2, 0.25) is 0 Å². The van der Waals surface area contributed by atoms with Crippen LogP contribution < -0.4 is 0 Å². The number of hydrogen-bond acceptors (Lipinski definition) is 0. The van der Waals surface area contributed by atoms with Crippen LogP contribution in [0.25, 0.3) is 0 Å². The Morgan fingerprint density at radius 1 is 1.36 bits per heavy atom. The maximum atomic E-state index is 7.86. The SMILES string of the molecule is [2H]c1c([2H])c(Br)c([2H])c(C(C)(C)C)c1[2H]. The highest BCUT2D eigenvalue weighted by molar-refractivity contribution is 9.10. The standard InChI is InChI=1S/C10H13Br/c1-10(2,3)8-5-4-6-9(11)7-8/h4-7H,1-3H3/i4D,5D,6D,7D. The first-order valence-electron chi connectivity index (χ1n) is 5.44. The molecule has 0 radical (unpaired) electrons. The van der Waals surface area contributed by atoms with E-state index in [1.165, 1.54) is 0 Å². The van der Waals surface area contributed by atoms with Gasteiger partial charge in [0.15, 0.2) is 0 Å². The van der Waals surface area contributed by atoms with Crippen molar-refractivity contribution in [1.82, 2.24) is 0 Å². The lowest BCUT2D eigenvalue weighted by molar-refractivity contribution is 0.590. The summed E-state index contributed by atoms with van der Waals surface area (Å²) in [6.45, 7) is 5.69. The molecule has 1 aromatic carbocycles. The molecule has 1 heteroatoms. The van der Waals surface area contributed by atoms with E-state index in [0.29, 0.717) is 10.0 Å². The highest BCUT2D eigenvalue weighted by Gasteiger charge is 2.12. The molecular formula is C10H13Br. The molecule has 0 aliphatic rings. The number of halogens is 1. The van der Waals surface area contributed by atoms with E-state index in [0.717, 1.165) is 0 Å². The molecule has 0 fully saturated rings. The highest BCUT2D eigenvalue weighted by atomic mass is 79.9. The van der Waals surface area contributed by atoms with Crippen LogP contribution in [-0.4, -0.2) is 0 Å². The minimum Gasteiger partial charge on any atom is -0.0609 e. The van der Waals surface area contributed by atoms with Crippen molar-refractivity contribution in [2.24, 2.45) is 0 Å². The average molecular weight is 217 g/mol. The second kappa shape index (κ2) is 2.98. The minimum atomic E-state index is -0.361. The van der Waals surface area contributed by atoms with Gasteiger partial charge in [0.05, 0.1) is 5.48 Å². The molecule has 0 spiro atoms. The first-order valence-corrected chi connectivity index (χ1v) is 4.23. The van der Waals surface area contributed by atoms with Crippen molar-refractivity contribution in [2.75, 3.05) is 0 Å². The van der Waals surface area contributed by atoms with Gasteiger partial charge in [0.25, 0.3) is 0 Å². The molecule has 0 heterocycles. The lowest BCUT2D eigenvalue weighted by Gasteiger charge is -2.18. The van der Waals surface area contributed by atoms with Gasteiger partial charge in [-0.3, -0.25) is 0 Å². The molecule has 0 saturated heterocycles. The Bertz CT molecular complexity index is 378. The summed E-state index contributed by atoms with van der Waals surface area (Å²) in [6, 6.07) is -0.0741. The first kappa shape index (κ1) is 4.66. The van der Waals surface area contributed by atoms with E-state index in [2.05, 4.69) is 15.9 Å². The third kappa shape index (κ3) is 2.33. The molecule has 0 N–H and O–H groups in total. The summed E-state index contributed by atoms with van der Waals surface area (Å²) < 4.78 is 31.1. The van der Waals surface area contributed by atoms with Crippen LogP contribution in [-0.2, 0) is 5.41 Å². The lowest BCUT2D eigenvalue weighted by Crippen LogP contribution is -2.10. The predicted octanol–water partition coefficient (Wildman–Crippen LogP) is 3.75. The van der Waals surface area contributed by atoms with Crippen molar-refractivity contribution < 1.29 is 5.48 Å². The van der Waals surface area contributed by atoms with Crippen LogP contribution in [0.1, 0.15) is 31.8 Å². The summed E-state index contributed by atoms with van der Waals surface area (Å²) in [5, 5.41) is 0. The fraction of sp³-hybridized carbons (Fsp3) is 0.400. The number of hydrogen-bond donors (Lipinski definition) is 0. The zero-order valence-electron chi connectivity index (χ0n) is 10.9. The Kier molecular flexibility index (Phi) is 1.26. The second-order valence-electron chi connectivity index (χ2n) is 3.44. The van der Waals surface area contributed by atoms with E-state index < -0.39 is 0 Å². The monoisotopic (exact) mass is 216 g/mol. The largest absolute Gasteiger partial charge is 0.0638 e. The fourth-order valence-electron chi connectivity index (χ4n) is 0.696. The first-order chi connectivity index (χ1) is 6.68. The maximum absolute atomic E-state index is 7.86. The van der Waals surface area contributed by atoms with Crippen molar-refractivity contribution in [3.05, 3.63) is 34.2 Å². The maximum Gasteiger partial charge on any atom is 0.0638 e. The lowest BCUT2D eigenvalue weighted by atomic mass is 9.87. The smallest absolute Gasteiger partial charge is 0.0609 e. The highest BCUT2D eigenvalue weighted by Crippen LogP contribution is 2.24. The quantitative estimate of drug-likeness (QED) is 0.620. The molecule has 0 atom stereocenters. The molecule has 0 bridgehead atoms. The van der Waals surface area contributed by atoms with Gasteiger partial charge in [-0.1, -0.05) is 48.8 Å². The van der Waals surface area contributed by atoms with Gasteiger partial charge in [-0.25, -0.2) is 0 Å². The molecule has 1 aromatic rings. The van der Waals surface area contributed by atoms with Crippen LogP contribution in [0.4, 0.5) is 0 Å². The summed E-state index contributed by atoms with van der Waals surface area (Å²) in [4.78, 5) is 0. The van der Waals surface area contributed by atoms with Crippen molar-refractivity contribution in [2.45, 2.75) is 26.2 Å². The summed E-state index contributed by atoms with van der Waals surface area (Å²) in [7, 11) is 0. The van der Waals surface area contributed by atoms with Gasteiger partial charge in [-0.15, -0.1) is 0 Å². The second-order valence-corrected chi connectivity index (χ2v) is 4.23. The van der Waals surface area contributed by atoms with E-state index >= 15 is 0 Å². The summed E-state index contributed by atoms with van der Waals surface area (Å²) in [5.41, 5.74) is 0.149. The number of benzene rings is 1. The van der Waals surface area contributed by atoms with Crippen LogP contribution in [0.15, 0.2) is 28.6 Å². The topological polar surface area (TPSA) is 0 Å². The Morgan fingerprint density at radius 2 is 2.00 bits per heavy atom. The van der Waals surface area contributed by atoms with Gasteiger partial charge in [-0.2, -0.15) is 0 Å². The van der Waals surface area contributed by atoms with Crippen molar-refractivity contribution >= 4 is 15.9 Å². The van der Waals surface area contributed by atoms with Gasteiger partial charge >= 0.3 is 0 Å². The third-order valence-corrected chi connectivity index (χ3v) is 1.74. The normalized spacial score (nSPS) is 16.7. The number of rotatable bonds is 0. The molecule has 0 amide bonds. The molecule has 0 aliphatic carbocycles. The van der Waals surface area contributed by atoms with Gasteiger partial charge in [0.1, 0.15) is 0 Å². The molecule has 1 rings (SSSR count). The molecule has 0 aliphatic heterocycles. The molecular weight excluding hydrogens is 200 g/mol. The molecule has 0 nitrogen and oxygen atoms in total. The van der Waals surface area contributed by atoms with E-state index in [1.54, 1.807) is 0 Å². The van der Waals surface area contributed by atoms with Crippen molar-refractivity contribution in [3.63, 3.8) is 0 Å². The van der Waals surface area contributed by atoms with E-state index in [9.17, 15) is 0 Å². The minimum absolute atomic E-state index is 0.0132. The van der Waals surface area contributed by atoms with Gasteiger partial charge in [0, 0.05) is 4.47 Å². The summed E-state index contributed by atoms with van der Waals surface area (Å²) >= 11 is 3.13. The molecule has 0 unspecified atom stereocenters. The van der Waals surface area contributed by atoms with E-state index in [-0.39, 0.29) is 29.6 Å². The zero-order chi connectivity index (χ0) is 12.0. The Morgan fingerprint density at radius 3 is 2.55 bits per heavy atom. The average Bonchev–Trinajstić information content (AvgIpc) is 2.09. The van der Waals surface area contributed by atoms with Gasteiger partial charge < -0.3 is 0 Å². The predicted molar refractivity (Wildman–Crippen MR) is 52.8 cm³/mol. The molecule has 11 heavy (non-hydrogen) atoms.